The molecule has 1 saturated carbocycles. The summed E-state index contributed by atoms with van der Waals surface area (Å²) in [6.45, 7) is 2.59. The summed E-state index contributed by atoms with van der Waals surface area (Å²) in [5.41, 5.74) is 1.89. The molecule has 144 valence electrons. The summed E-state index contributed by atoms with van der Waals surface area (Å²) >= 11 is 0. The number of fused-ring (bicyclic) bond motifs is 7. The van der Waals surface area contributed by atoms with Crippen LogP contribution in [0.2, 0.25) is 0 Å². The molecule has 8 nitrogen and oxygen atoms in total. The SMILES string of the molecule is C[C@H]1CCCNC(=O)O[C@@H]2CC[C@@H](C2)c2cc(n[nH]2)Nc2cncc(c2)O1. The number of nitrogens with one attached hydrogen (secondary N) is 3. The fourth-order valence-corrected chi connectivity index (χ4v) is 3.70. The highest BCUT2D eigenvalue weighted by Gasteiger charge is 2.30. The van der Waals surface area contributed by atoms with Gasteiger partial charge in [-0.1, -0.05) is 0 Å². The number of carbonyl (C=O) groups excluding carboxylic acids is 1. The van der Waals surface area contributed by atoms with E-state index in [1.165, 1.54) is 0 Å². The fraction of sp³-hybridized carbons (Fsp3) is 0.526. The average molecular weight is 371 g/mol. The van der Waals surface area contributed by atoms with Crippen LogP contribution >= 0.6 is 0 Å². The van der Waals surface area contributed by atoms with Crippen LogP contribution in [-0.2, 0) is 4.74 Å². The minimum atomic E-state index is -0.334. The zero-order valence-corrected chi connectivity index (χ0v) is 15.4. The molecule has 1 aliphatic carbocycles. The van der Waals surface area contributed by atoms with Gasteiger partial charge >= 0.3 is 6.09 Å². The number of aromatic amines is 1. The molecule has 1 amide bonds. The number of ether oxygens (including phenoxy) is 2. The van der Waals surface area contributed by atoms with E-state index in [0.717, 1.165) is 49.3 Å². The Balaban J connectivity index is 1.53. The first-order valence-corrected chi connectivity index (χ1v) is 9.54. The van der Waals surface area contributed by atoms with Crippen molar-refractivity contribution in [1.29, 1.82) is 0 Å². The van der Waals surface area contributed by atoms with Crippen molar-refractivity contribution in [2.24, 2.45) is 0 Å². The van der Waals surface area contributed by atoms with Gasteiger partial charge in [0, 0.05) is 30.3 Å². The second-order valence-electron chi connectivity index (χ2n) is 7.28. The average Bonchev–Trinajstić information content (AvgIpc) is 3.28. The number of hydrogen-bond donors (Lipinski definition) is 3. The monoisotopic (exact) mass is 371 g/mol. The number of hydrogen-bond acceptors (Lipinski definition) is 6. The van der Waals surface area contributed by atoms with Crippen LogP contribution in [0.25, 0.3) is 0 Å². The number of amides is 1. The first-order chi connectivity index (χ1) is 13.2. The van der Waals surface area contributed by atoms with Crippen LogP contribution in [0, 0.1) is 0 Å². The van der Waals surface area contributed by atoms with Gasteiger partial charge in [0.25, 0.3) is 0 Å². The molecule has 0 unspecified atom stereocenters. The van der Waals surface area contributed by atoms with Crippen molar-refractivity contribution in [2.75, 3.05) is 11.9 Å². The Morgan fingerprint density at radius 3 is 3.00 bits per heavy atom. The van der Waals surface area contributed by atoms with Gasteiger partial charge in [-0.3, -0.25) is 10.1 Å². The van der Waals surface area contributed by atoms with Crippen LogP contribution in [-0.4, -0.2) is 40.0 Å². The Hall–Kier alpha value is -2.77. The smallest absolute Gasteiger partial charge is 0.407 e. The van der Waals surface area contributed by atoms with Crippen LogP contribution in [0.5, 0.6) is 5.75 Å². The fourth-order valence-electron chi connectivity index (χ4n) is 3.70. The second-order valence-corrected chi connectivity index (χ2v) is 7.28. The molecule has 3 N–H and O–H groups in total. The van der Waals surface area contributed by atoms with E-state index in [9.17, 15) is 4.79 Å². The molecule has 1 aliphatic heterocycles. The van der Waals surface area contributed by atoms with E-state index in [1.54, 1.807) is 12.4 Å². The molecule has 0 saturated heterocycles. The molecule has 0 spiro atoms. The standard InChI is InChI=1S/C19H25N5O3/c1-12-3-2-6-21-19(25)27-15-5-4-13(7-15)17-9-18(24-23-17)22-14-8-16(26-12)11-20-10-14/h8-13,15H,2-7H2,1H3,(H,21,25)(H2,22,23,24)/t12-,13-,15+/m0/s1. The molecule has 8 heteroatoms. The summed E-state index contributed by atoms with van der Waals surface area (Å²) in [4.78, 5) is 16.2. The highest BCUT2D eigenvalue weighted by molar-refractivity contribution is 5.67. The number of anilines is 2. The molecule has 6 bridgehead atoms. The Bertz CT molecular complexity index is 793. The van der Waals surface area contributed by atoms with Crippen molar-refractivity contribution in [3.8, 4) is 5.75 Å². The maximum Gasteiger partial charge on any atom is 0.407 e. The largest absolute Gasteiger partial charge is 0.489 e. The Morgan fingerprint density at radius 1 is 1.15 bits per heavy atom. The number of aromatic nitrogens is 3. The number of pyridine rings is 1. The van der Waals surface area contributed by atoms with Gasteiger partial charge in [-0.15, -0.1) is 0 Å². The normalized spacial score (nSPS) is 26.0. The lowest BCUT2D eigenvalue weighted by molar-refractivity contribution is 0.0996. The van der Waals surface area contributed by atoms with Crippen LogP contribution in [0.3, 0.4) is 0 Å². The van der Waals surface area contributed by atoms with Crippen LogP contribution in [0.4, 0.5) is 16.3 Å². The van der Waals surface area contributed by atoms with Gasteiger partial charge in [0.1, 0.15) is 11.9 Å². The van der Waals surface area contributed by atoms with Gasteiger partial charge in [0.05, 0.1) is 24.2 Å². The molecule has 2 aliphatic rings. The van der Waals surface area contributed by atoms with Crippen LogP contribution in [0.15, 0.2) is 24.5 Å². The first-order valence-electron chi connectivity index (χ1n) is 9.54. The van der Waals surface area contributed by atoms with Gasteiger partial charge in [0.15, 0.2) is 5.82 Å². The quantitative estimate of drug-likeness (QED) is 0.655. The lowest BCUT2D eigenvalue weighted by Crippen LogP contribution is -2.29. The topological polar surface area (TPSA) is 101 Å². The van der Waals surface area contributed by atoms with Crippen molar-refractivity contribution in [3.05, 3.63) is 30.2 Å². The van der Waals surface area contributed by atoms with E-state index in [1.807, 2.05) is 19.1 Å². The molecule has 0 aromatic carbocycles. The third-order valence-corrected chi connectivity index (χ3v) is 5.08. The van der Waals surface area contributed by atoms with E-state index in [0.29, 0.717) is 18.2 Å². The summed E-state index contributed by atoms with van der Waals surface area (Å²) in [5.74, 6) is 1.76. The molecule has 1 fully saturated rings. The van der Waals surface area contributed by atoms with E-state index < -0.39 is 0 Å². The Kier molecular flexibility index (Phi) is 5.13. The molecule has 3 atom stereocenters. The number of alkyl carbamates (subject to hydrolysis) is 1. The molecule has 3 heterocycles. The van der Waals surface area contributed by atoms with Gasteiger partial charge in [-0.05, 0) is 39.0 Å². The third kappa shape index (κ3) is 4.50. The molecular formula is C19H25N5O3. The number of rotatable bonds is 0. The van der Waals surface area contributed by atoms with Crippen molar-refractivity contribution in [2.45, 2.75) is 57.2 Å². The van der Waals surface area contributed by atoms with Crippen molar-refractivity contribution < 1.29 is 14.3 Å². The molecule has 2 aromatic heterocycles. The van der Waals surface area contributed by atoms with E-state index >= 15 is 0 Å². The summed E-state index contributed by atoms with van der Waals surface area (Å²) in [6.07, 6.45) is 7.40. The van der Waals surface area contributed by atoms with Crippen LogP contribution < -0.4 is 15.4 Å². The van der Waals surface area contributed by atoms with Gasteiger partial charge in [0.2, 0.25) is 0 Å². The summed E-state index contributed by atoms with van der Waals surface area (Å²) in [5, 5.41) is 13.6. The first kappa shape index (κ1) is 17.6. The maximum atomic E-state index is 12.0. The maximum absolute atomic E-state index is 12.0. The number of H-pyrrole nitrogens is 1. The van der Waals surface area contributed by atoms with Gasteiger partial charge in [-0.25, -0.2) is 4.79 Å². The predicted octanol–water partition coefficient (Wildman–Crippen LogP) is 3.47. The minimum Gasteiger partial charge on any atom is -0.489 e. The summed E-state index contributed by atoms with van der Waals surface area (Å²) in [7, 11) is 0. The second kappa shape index (κ2) is 7.85. The Labute approximate surface area is 158 Å². The highest BCUT2D eigenvalue weighted by atomic mass is 16.6. The van der Waals surface area contributed by atoms with Crippen molar-refractivity contribution >= 4 is 17.6 Å². The lowest BCUT2D eigenvalue weighted by Gasteiger charge is -2.16. The Morgan fingerprint density at radius 2 is 2.07 bits per heavy atom. The molecular weight excluding hydrogens is 346 g/mol. The van der Waals surface area contributed by atoms with Gasteiger partial charge in [-0.2, -0.15) is 5.10 Å². The van der Waals surface area contributed by atoms with E-state index in [2.05, 4.69) is 25.8 Å². The van der Waals surface area contributed by atoms with Crippen LogP contribution in [0.1, 0.15) is 50.6 Å². The third-order valence-electron chi connectivity index (χ3n) is 5.08. The van der Waals surface area contributed by atoms with E-state index in [4.69, 9.17) is 9.47 Å². The number of nitrogens with zero attached hydrogens (tertiary/aromatic N) is 2. The van der Waals surface area contributed by atoms with Crippen molar-refractivity contribution in [3.63, 3.8) is 0 Å². The minimum absolute atomic E-state index is 0.0198. The number of carbonyl (C=O) groups is 1. The predicted molar refractivity (Wildman–Crippen MR) is 100 cm³/mol. The van der Waals surface area contributed by atoms with Crippen molar-refractivity contribution in [1.82, 2.24) is 20.5 Å². The zero-order valence-electron chi connectivity index (χ0n) is 15.4. The molecule has 2 aromatic rings. The molecule has 27 heavy (non-hydrogen) atoms. The van der Waals surface area contributed by atoms with Gasteiger partial charge < -0.3 is 20.1 Å². The molecule has 0 radical (unpaired) electrons. The highest BCUT2D eigenvalue weighted by Crippen LogP contribution is 2.36. The van der Waals surface area contributed by atoms with E-state index in [-0.39, 0.29) is 18.3 Å². The zero-order chi connectivity index (χ0) is 18.6. The molecule has 4 rings (SSSR count). The lowest BCUT2D eigenvalue weighted by atomic mass is 10.0. The summed E-state index contributed by atoms with van der Waals surface area (Å²) < 4.78 is 11.5. The summed E-state index contributed by atoms with van der Waals surface area (Å²) in [6, 6.07) is 3.93.